The fourth-order valence-corrected chi connectivity index (χ4v) is 4.76. The molecule has 0 aromatic heterocycles. The third-order valence-electron chi connectivity index (χ3n) is 2.91. The number of halogens is 1. The topological polar surface area (TPSA) is 0 Å². The molecule has 0 aliphatic carbocycles. The van der Waals surface area contributed by atoms with Gasteiger partial charge in [0.25, 0.3) is 0 Å². The molecule has 1 unspecified atom stereocenters. The van der Waals surface area contributed by atoms with Gasteiger partial charge < -0.3 is 0 Å². The second-order valence-corrected chi connectivity index (χ2v) is 8.35. The Hall–Kier alpha value is -0.120. The predicted molar refractivity (Wildman–Crippen MR) is 94.6 cm³/mol. The third-order valence-corrected chi connectivity index (χ3v) is 5.83. The molecule has 1 aromatic rings. The highest BCUT2D eigenvalue weighted by molar-refractivity contribution is 9.10. The van der Waals surface area contributed by atoms with E-state index in [9.17, 15) is 0 Å². The van der Waals surface area contributed by atoms with Crippen molar-refractivity contribution in [1.29, 1.82) is 0 Å². The van der Waals surface area contributed by atoms with Crippen LogP contribution < -0.4 is 0 Å². The first kappa shape index (κ1) is 15.3. The second kappa shape index (κ2) is 7.61. The van der Waals surface area contributed by atoms with E-state index < -0.39 is 0 Å². The lowest BCUT2D eigenvalue weighted by molar-refractivity contribution is 0.897. The summed E-state index contributed by atoms with van der Waals surface area (Å²) in [5, 5.41) is 0.563. The minimum absolute atomic E-state index is 0.563. The van der Waals surface area contributed by atoms with Crippen molar-refractivity contribution in [2.45, 2.75) is 31.9 Å². The SMILES string of the molecule is CCCCSC1=CC(c2ccc(Br)cc2)=CC(C)S1. The zero-order valence-electron chi connectivity index (χ0n) is 11.4. The van der Waals surface area contributed by atoms with Gasteiger partial charge in [0.2, 0.25) is 0 Å². The molecular formula is C16H19BrS2. The molecule has 1 atom stereocenters. The van der Waals surface area contributed by atoms with Crippen molar-refractivity contribution in [3.05, 3.63) is 50.7 Å². The van der Waals surface area contributed by atoms with E-state index >= 15 is 0 Å². The highest BCUT2D eigenvalue weighted by Gasteiger charge is 2.13. The van der Waals surface area contributed by atoms with Gasteiger partial charge in [-0.05, 0) is 48.4 Å². The normalized spacial score (nSPS) is 19.0. The van der Waals surface area contributed by atoms with E-state index in [1.165, 1.54) is 34.0 Å². The molecule has 1 heterocycles. The van der Waals surface area contributed by atoms with Crippen LogP contribution in [0.2, 0.25) is 0 Å². The molecule has 0 radical (unpaired) electrons. The number of benzene rings is 1. The van der Waals surface area contributed by atoms with Crippen LogP contribution in [0.5, 0.6) is 0 Å². The highest BCUT2D eigenvalue weighted by atomic mass is 79.9. The van der Waals surface area contributed by atoms with Gasteiger partial charge in [-0.15, -0.1) is 23.5 Å². The minimum atomic E-state index is 0.563. The Balaban J connectivity index is 2.12. The Morgan fingerprint density at radius 2 is 2.00 bits per heavy atom. The molecule has 0 saturated carbocycles. The summed E-state index contributed by atoms with van der Waals surface area (Å²) in [6, 6.07) is 8.59. The van der Waals surface area contributed by atoms with Crippen LogP contribution >= 0.6 is 39.5 Å². The van der Waals surface area contributed by atoms with Crippen LogP contribution in [0.1, 0.15) is 32.3 Å². The summed E-state index contributed by atoms with van der Waals surface area (Å²) in [5.41, 5.74) is 2.67. The van der Waals surface area contributed by atoms with Crippen LogP contribution in [-0.2, 0) is 0 Å². The van der Waals surface area contributed by atoms with Crippen molar-refractivity contribution < 1.29 is 0 Å². The van der Waals surface area contributed by atoms with Crippen molar-refractivity contribution >= 4 is 45.0 Å². The quantitative estimate of drug-likeness (QED) is 0.565. The van der Waals surface area contributed by atoms with Crippen LogP contribution in [0.25, 0.3) is 5.57 Å². The molecule has 0 fully saturated rings. The Kier molecular flexibility index (Phi) is 6.11. The van der Waals surface area contributed by atoms with Crippen LogP contribution in [0, 0.1) is 0 Å². The van der Waals surface area contributed by atoms with Gasteiger partial charge >= 0.3 is 0 Å². The molecular weight excluding hydrogens is 336 g/mol. The van der Waals surface area contributed by atoms with Crippen molar-refractivity contribution in [2.24, 2.45) is 0 Å². The number of unbranched alkanes of at least 4 members (excludes halogenated alkanes) is 1. The summed E-state index contributed by atoms with van der Waals surface area (Å²) >= 11 is 7.47. The molecule has 0 saturated heterocycles. The lowest BCUT2D eigenvalue weighted by atomic mass is 10.0. The molecule has 1 aliphatic rings. The molecule has 1 aliphatic heterocycles. The average molecular weight is 355 g/mol. The van der Waals surface area contributed by atoms with Crippen LogP contribution in [0.4, 0.5) is 0 Å². The van der Waals surface area contributed by atoms with E-state index in [0.29, 0.717) is 5.25 Å². The van der Waals surface area contributed by atoms with Crippen LogP contribution in [-0.4, -0.2) is 11.0 Å². The second-order valence-electron chi connectivity index (χ2n) is 4.62. The van der Waals surface area contributed by atoms with E-state index in [1.807, 2.05) is 23.5 Å². The first-order valence-electron chi connectivity index (χ1n) is 6.68. The Bertz CT molecular complexity index is 474. The molecule has 0 nitrogen and oxygen atoms in total. The third kappa shape index (κ3) is 4.73. The number of allylic oxidation sites excluding steroid dienone is 2. The molecule has 19 heavy (non-hydrogen) atoms. The van der Waals surface area contributed by atoms with E-state index in [-0.39, 0.29) is 0 Å². The zero-order valence-corrected chi connectivity index (χ0v) is 14.6. The van der Waals surface area contributed by atoms with Gasteiger partial charge in [0.15, 0.2) is 0 Å². The largest absolute Gasteiger partial charge is 0.119 e. The van der Waals surface area contributed by atoms with Gasteiger partial charge in [-0.2, -0.15) is 0 Å². The fraction of sp³-hybridized carbons (Fsp3) is 0.375. The number of thioether (sulfide) groups is 2. The van der Waals surface area contributed by atoms with E-state index in [4.69, 9.17) is 0 Å². The molecule has 102 valence electrons. The monoisotopic (exact) mass is 354 g/mol. The standard InChI is InChI=1S/C16H19BrS2/c1-3-4-9-18-16-11-14(10-12(2)19-16)13-5-7-15(17)8-6-13/h5-8,10-12H,3-4,9H2,1-2H3. The zero-order chi connectivity index (χ0) is 13.7. The summed E-state index contributed by atoms with van der Waals surface area (Å²) in [7, 11) is 0. The molecule has 2 rings (SSSR count). The van der Waals surface area contributed by atoms with Crippen molar-refractivity contribution in [1.82, 2.24) is 0 Å². The van der Waals surface area contributed by atoms with E-state index in [2.05, 4.69) is 66.2 Å². The molecule has 0 amide bonds. The van der Waals surface area contributed by atoms with E-state index in [0.717, 1.165) is 4.47 Å². The van der Waals surface area contributed by atoms with Gasteiger partial charge in [-0.3, -0.25) is 0 Å². The maximum atomic E-state index is 3.49. The fourth-order valence-electron chi connectivity index (χ4n) is 1.89. The number of hydrogen-bond donors (Lipinski definition) is 0. The first-order valence-corrected chi connectivity index (χ1v) is 9.34. The van der Waals surface area contributed by atoms with Crippen molar-refractivity contribution in [3.8, 4) is 0 Å². The maximum Gasteiger partial charge on any atom is 0.0412 e. The van der Waals surface area contributed by atoms with Crippen molar-refractivity contribution in [2.75, 3.05) is 5.75 Å². The van der Waals surface area contributed by atoms with Crippen molar-refractivity contribution in [3.63, 3.8) is 0 Å². The maximum absolute atomic E-state index is 3.49. The molecule has 0 spiro atoms. The summed E-state index contributed by atoms with van der Waals surface area (Å²) < 4.78 is 2.60. The average Bonchev–Trinajstić information content (AvgIpc) is 2.39. The Morgan fingerprint density at radius 3 is 2.68 bits per heavy atom. The van der Waals surface area contributed by atoms with Gasteiger partial charge in [0.05, 0.1) is 0 Å². The molecule has 0 N–H and O–H groups in total. The number of hydrogen-bond acceptors (Lipinski definition) is 2. The smallest absolute Gasteiger partial charge is 0.0412 e. The van der Waals surface area contributed by atoms with Crippen LogP contribution in [0.3, 0.4) is 0 Å². The van der Waals surface area contributed by atoms with Gasteiger partial charge in [-0.25, -0.2) is 0 Å². The summed E-state index contributed by atoms with van der Waals surface area (Å²) in [6.45, 7) is 4.52. The molecule has 0 bridgehead atoms. The highest BCUT2D eigenvalue weighted by Crippen LogP contribution is 2.40. The molecule has 1 aromatic carbocycles. The molecule has 3 heteroatoms. The minimum Gasteiger partial charge on any atom is -0.119 e. The van der Waals surface area contributed by atoms with Gasteiger partial charge in [-0.1, -0.05) is 47.5 Å². The van der Waals surface area contributed by atoms with Gasteiger partial charge in [0.1, 0.15) is 0 Å². The lowest BCUT2D eigenvalue weighted by Gasteiger charge is -2.18. The van der Waals surface area contributed by atoms with Gasteiger partial charge in [0, 0.05) is 14.0 Å². The summed E-state index contributed by atoms with van der Waals surface area (Å²) in [5.74, 6) is 1.23. The summed E-state index contributed by atoms with van der Waals surface area (Å²) in [6.07, 6.45) is 7.27. The van der Waals surface area contributed by atoms with E-state index in [1.54, 1.807) is 0 Å². The Morgan fingerprint density at radius 1 is 1.26 bits per heavy atom. The summed E-state index contributed by atoms with van der Waals surface area (Å²) in [4.78, 5) is 0. The van der Waals surface area contributed by atoms with Crippen LogP contribution in [0.15, 0.2) is 45.1 Å². The number of rotatable bonds is 5. The first-order chi connectivity index (χ1) is 9.19. The lowest BCUT2D eigenvalue weighted by Crippen LogP contribution is -1.98. The Labute approximate surface area is 133 Å². The predicted octanol–water partition coefficient (Wildman–Crippen LogP) is 6.34.